The zero-order valence-electron chi connectivity index (χ0n) is 21.3. The third kappa shape index (κ3) is 6.71. The van der Waals surface area contributed by atoms with Gasteiger partial charge in [-0.25, -0.2) is 18.7 Å². The summed E-state index contributed by atoms with van der Waals surface area (Å²) in [6.45, 7) is 0.873. The number of aromatic nitrogens is 3. The average molecular weight is 599 g/mol. The van der Waals surface area contributed by atoms with Crippen LogP contribution in [0.15, 0.2) is 36.5 Å². The van der Waals surface area contributed by atoms with Gasteiger partial charge in [0.25, 0.3) is 5.91 Å². The number of nitrogens with one attached hydrogen (secondary N) is 1. The molecule has 2 aromatic heterocycles. The van der Waals surface area contributed by atoms with Crippen molar-refractivity contribution in [2.45, 2.75) is 52.5 Å². The summed E-state index contributed by atoms with van der Waals surface area (Å²) in [6, 6.07) is 6.70. The molecule has 3 saturated carbocycles. The van der Waals surface area contributed by atoms with Crippen LogP contribution in [0.3, 0.4) is 0 Å². The van der Waals surface area contributed by atoms with Gasteiger partial charge in [-0.05, 0) is 68.2 Å². The van der Waals surface area contributed by atoms with Gasteiger partial charge in [0, 0.05) is 18.7 Å². The van der Waals surface area contributed by atoms with Crippen LogP contribution in [0.2, 0.25) is 5.02 Å². The molecule has 3 fully saturated rings. The van der Waals surface area contributed by atoms with Crippen LogP contribution in [0, 0.1) is 16.6 Å². The van der Waals surface area contributed by atoms with Crippen molar-refractivity contribution >= 4 is 47.5 Å². The highest BCUT2D eigenvalue weighted by atomic mass is 35.5. The van der Waals surface area contributed by atoms with Crippen LogP contribution in [-0.2, 0) is 16.1 Å². The van der Waals surface area contributed by atoms with E-state index in [-0.39, 0.29) is 59.8 Å². The first kappa shape index (κ1) is 32.9. The number of methoxy groups -OCH3 is 1. The van der Waals surface area contributed by atoms with Crippen LogP contribution in [0.1, 0.15) is 72.5 Å². The Bertz CT molecular complexity index is 1360. The standard InChI is InChI=1S/C15H10ClFN4O3.C11H19NO2.CH4.ClH/c16-9-5-8(1-2-10(9)17)7-18-14(22)11-6-12(15(23)24)21-13(20-11)3-4-19-21;1-14-9(13)11-5-2-10(8-12,3-6-11)4-7-11;;/h1-6H,7H2,(H,18,22)(H,23,24);2-8,12H2,1H3;1H4;1H. The molecule has 10 nitrogen and oxygen atoms in total. The van der Waals surface area contributed by atoms with Crippen molar-refractivity contribution in [2.75, 3.05) is 13.7 Å². The minimum Gasteiger partial charge on any atom is -0.477 e. The first-order valence-corrected chi connectivity index (χ1v) is 12.6. The topological polar surface area (TPSA) is 149 Å². The SMILES string of the molecule is C.COC(=O)C12CCC(CN)(CC1)CC2.Cl.O=C(NCc1ccc(F)c(Cl)c1)c1cc(C(=O)O)n2nccc2n1. The van der Waals surface area contributed by atoms with E-state index >= 15 is 0 Å². The van der Waals surface area contributed by atoms with Crippen LogP contribution in [0.5, 0.6) is 0 Å². The van der Waals surface area contributed by atoms with Crippen molar-refractivity contribution in [3.8, 4) is 0 Å². The van der Waals surface area contributed by atoms with Gasteiger partial charge in [0.2, 0.25) is 0 Å². The molecule has 0 unspecified atom stereocenters. The van der Waals surface area contributed by atoms with Crippen LogP contribution in [0.4, 0.5) is 4.39 Å². The maximum absolute atomic E-state index is 13.1. The zero-order chi connectivity index (χ0) is 27.5. The maximum Gasteiger partial charge on any atom is 0.354 e. The van der Waals surface area contributed by atoms with E-state index in [4.69, 9.17) is 22.1 Å². The lowest BCUT2D eigenvalue weighted by Gasteiger charge is -2.51. The molecule has 0 aliphatic heterocycles. The minimum absolute atomic E-state index is 0. The lowest BCUT2D eigenvalue weighted by atomic mass is 9.54. The molecule has 6 rings (SSSR count). The molecule has 1 aromatic carbocycles. The largest absolute Gasteiger partial charge is 0.477 e. The normalized spacial score (nSPS) is 20.8. The number of ether oxygens (including phenoxy) is 1. The molecule has 2 heterocycles. The number of carboxylic acids is 1. The van der Waals surface area contributed by atoms with E-state index < -0.39 is 17.7 Å². The Hall–Kier alpha value is -3.28. The van der Waals surface area contributed by atoms with E-state index in [0.717, 1.165) is 55.7 Å². The molecular weight excluding hydrogens is 564 g/mol. The fraction of sp³-hybridized carbons (Fsp3) is 0.444. The number of nitrogens with zero attached hydrogens (tertiary/aromatic N) is 3. The number of nitrogens with two attached hydrogens (primary N) is 1. The molecule has 2 bridgehead atoms. The number of esters is 1. The van der Waals surface area contributed by atoms with Gasteiger partial charge in [0.05, 0.1) is 23.7 Å². The Labute approximate surface area is 242 Å². The third-order valence-corrected chi connectivity index (χ3v) is 7.99. The Balaban J connectivity index is 0.000000301. The van der Waals surface area contributed by atoms with Crippen molar-refractivity contribution in [2.24, 2.45) is 16.6 Å². The van der Waals surface area contributed by atoms with Gasteiger partial charge in [-0.2, -0.15) is 5.10 Å². The second kappa shape index (κ2) is 13.4. The van der Waals surface area contributed by atoms with Gasteiger partial charge in [-0.1, -0.05) is 25.1 Å². The van der Waals surface area contributed by atoms with E-state index in [2.05, 4.69) is 15.4 Å². The fourth-order valence-electron chi connectivity index (χ4n) is 5.20. The molecule has 3 aliphatic carbocycles. The van der Waals surface area contributed by atoms with Crippen LogP contribution in [0.25, 0.3) is 5.65 Å². The molecule has 0 atom stereocenters. The molecule has 0 radical (unpaired) electrons. The monoisotopic (exact) mass is 597 g/mol. The number of carboxylic acid groups (broad SMARTS) is 1. The van der Waals surface area contributed by atoms with Crippen molar-refractivity contribution in [1.29, 1.82) is 0 Å². The second-order valence-electron chi connectivity index (χ2n) is 9.84. The highest BCUT2D eigenvalue weighted by Crippen LogP contribution is 2.56. The lowest BCUT2D eigenvalue weighted by molar-refractivity contribution is -0.162. The van der Waals surface area contributed by atoms with Crippen molar-refractivity contribution < 1.29 is 28.6 Å². The second-order valence-corrected chi connectivity index (χ2v) is 10.2. The smallest absolute Gasteiger partial charge is 0.354 e. The molecule has 0 spiro atoms. The number of benzene rings is 1. The fourth-order valence-corrected chi connectivity index (χ4v) is 5.40. The number of fused-ring (bicyclic) bond motifs is 4. The van der Waals surface area contributed by atoms with Crippen LogP contribution >= 0.6 is 24.0 Å². The van der Waals surface area contributed by atoms with Crippen molar-refractivity contribution in [3.05, 3.63) is 64.3 Å². The number of hydrogen-bond acceptors (Lipinski definition) is 7. The Morgan fingerprint density at radius 3 is 2.35 bits per heavy atom. The summed E-state index contributed by atoms with van der Waals surface area (Å²) in [6.07, 6.45) is 7.66. The third-order valence-electron chi connectivity index (χ3n) is 7.70. The van der Waals surface area contributed by atoms with Crippen molar-refractivity contribution in [3.63, 3.8) is 0 Å². The highest BCUT2D eigenvalue weighted by Gasteiger charge is 2.52. The lowest BCUT2D eigenvalue weighted by Crippen LogP contribution is -2.49. The number of amides is 1. The molecular formula is C27H34Cl2FN5O5. The summed E-state index contributed by atoms with van der Waals surface area (Å²) in [5.74, 6) is -2.35. The number of aromatic carboxylic acids is 1. The summed E-state index contributed by atoms with van der Waals surface area (Å²) in [7, 11) is 1.50. The van der Waals surface area contributed by atoms with Gasteiger partial charge < -0.3 is 20.9 Å². The number of carbonyl (C=O) groups excluding carboxylic acids is 2. The number of halogens is 3. The summed E-state index contributed by atoms with van der Waals surface area (Å²) < 4.78 is 19.1. The zero-order valence-corrected chi connectivity index (χ0v) is 22.9. The van der Waals surface area contributed by atoms with Gasteiger partial charge in [0.1, 0.15) is 11.5 Å². The number of carbonyl (C=O) groups is 3. The molecule has 13 heteroatoms. The predicted molar refractivity (Wildman–Crippen MR) is 150 cm³/mol. The molecule has 218 valence electrons. The van der Waals surface area contributed by atoms with Gasteiger partial charge in [0.15, 0.2) is 11.3 Å². The Kier molecular flexibility index (Phi) is 11.0. The van der Waals surface area contributed by atoms with Crippen molar-refractivity contribution in [1.82, 2.24) is 19.9 Å². The summed E-state index contributed by atoms with van der Waals surface area (Å²) in [5.41, 5.74) is 6.61. The van der Waals surface area contributed by atoms with E-state index in [1.807, 2.05) is 0 Å². The molecule has 0 saturated heterocycles. The maximum atomic E-state index is 13.1. The van der Waals surface area contributed by atoms with E-state index in [0.29, 0.717) is 11.0 Å². The summed E-state index contributed by atoms with van der Waals surface area (Å²) in [5, 5.41) is 15.6. The Morgan fingerprint density at radius 1 is 1.15 bits per heavy atom. The molecule has 3 aromatic rings. The van der Waals surface area contributed by atoms with Gasteiger partial charge in [-0.15, -0.1) is 12.4 Å². The molecule has 4 N–H and O–H groups in total. The highest BCUT2D eigenvalue weighted by molar-refractivity contribution is 6.30. The van der Waals surface area contributed by atoms with Crippen LogP contribution in [-0.4, -0.2) is 51.2 Å². The van der Waals surface area contributed by atoms with E-state index in [9.17, 15) is 23.9 Å². The minimum atomic E-state index is -1.23. The summed E-state index contributed by atoms with van der Waals surface area (Å²) >= 11 is 5.68. The van der Waals surface area contributed by atoms with E-state index in [1.165, 1.54) is 37.6 Å². The van der Waals surface area contributed by atoms with E-state index in [1.54, 1.807) is 0 Å². The van der Waals surface area contributed by atoms with Crippen LogP contribution < -0.4 is 11.1 Å². The molecule has 40 heavy (non-hydrogen) atoms. The first-order valence-electron chi connectivity index (χ1n) is 12.2. The number of hydrogen-bond donors (Lipinski definition) is 3. The number of rotatable bonds is 6. The first-order chi connectivity index (χ1) is 18.1. The predicted octanol–water partition coefficient (Wildman–Crippen LogP) is 4.67. The van der Waals surface area contributed by atoms with Gasteiger partial charge >= 0.3 is 11.9 Å². The summed E-state index contributed by atoms with van der Waals surface area (Å²) in [4.78, 5) is 39.2. The average Bonchev–Trinajstić information content (AvgIpc) is 3.42. The molecule has 1 amide bonds. The quantitative estimate of drug-likeness (QED) is 0.347. The Morgan fingerprint density at radius 2 is 1.80 bits per heavy atom. The van der Waals surface area contributed by atoms with Gasteiger partial charge in [-0.3, -0.25) is 9.59 Å². The molecule has 3 aliphatic rings.